The van der Waals surface area contributed by atoms with Crippen LogP contribution in [0.5, 0.6) is 0 Å². The molecule has 0 radical (unpaired) electrons. The molecule has 0 atom stereocenters. The summed E-state index contributed by atoms with van der Waals surface area (Å²) in [6.07, 6.45) is 5.34. The molecule has 122 valence electrons. The monoisotopic (exact) mass is 323 g/mol. The van der Waals surface area contributed by atoms with Crippen LogP contribution in [0.3, 0.4) is 0 Å². The average Bonchev–Trinajstić information content (AvgIpc) is 2.91. The lowest BCUT2D eigenvalue weighted by atomic mass is 9.76. The molecule has 1 saturated carbocycles. The van der Waals surface area contributed by atoms with Gasteiger partial charge in [0.1, 0.15) is 11.5 Å². The van der Waals surface area contributed by atoms with Gasteiger partial charge in [-0.1, -0.05) is 12.1 Å². The van der Waals surface area contributed by atoms with Crippen LogP contribution in [-0.4, -0.2) is 21.3 Å². The summed E-state index contributed by atoms with van der Waals surface area (Å²) in [5.74, 6) is 0.0348. The van der Waals surface area contributed by atoms with E-state index in [0.717, 1.165) is 29.7 Å². The number of hydrogen-bond acceptors (Lipinski definition) is 2. The maximum Gasteiger partial charge on any atom is 0.251 e. The second-order valence-electron chi connectivity index (χ2n) is 6.44. The number of halogens is 1. The molecule has 0 saturated heterocycles. The van der Waals surface area contributed by atoms with Crippen molar-refractivity contribution >= 4 is 11.6 Å². The van der Waals surface area contributed by atoms with Crippen LogP contribution in [0, 0.1) is 12.7 Å². The van der Waals surface area contributed by atoms with E-state index < -0.39 is 0 Å². The van der Waals surface area contributed by atoms with Crippen molar-refractivity contribution in [1.82, 2.24) is 14.7 Å². The van der Waals surface area contributed by atoms with E-state index in [1.807, 2.05) is 23.6 Å². The SMILES string of the molecule is Cc1cnc2cc(C(=O)NC3CC(c4cccc(F)c4)C3)ccn12. The summed E-state index contributed by atoms with van der Waals surface area (Å²) >= 11 is 0. The number of hydrogen-bond donors (Lipinski definition) is 1. The predicted octanol–water partition coefficient (Wildman–Crippen LogP) is 3.46. The van der Waals surface area contributed by atoms with Crippen LogP contribution in [-0.2, 0) is 0 Å². The molecule has 24 heavy (non-hydrogen) atoms. The third kappa shape index (κ3) is 2.66. The Labute approximate surface area is 139 Å². The fraction of sp³-hybridized carbons (Fsp3) is 0.263. The van der Waals surface area contributed by atoms with Gasteiger partial charge < -0.3 is 9.72 Å². The van der Waals surface area contributed by atoms with Crippen LogP contribution in [0.4, 0.5) is 4.39 Å². The number of fused-ring (bicyclic) bond motifs is 1. The van der Waals surface area contributed by atoms with Gasteiger partial charge >= 0.3 is 0 Å². The Kier molecular flexibility index (Phi) is 3.56. The zero-order chi connectivity index (χ0) is 16.7. The lowest BCUT2D eigenvalue weighted by Crippen LogP contribution is -2.43. The molecule has 1 amide bonds. The molecule has 1 aromatic carbocycles. The Hall–Kier alpha value is -2.69. The maximum atomic E-state index is 13.3. The second-order valence-corrected chi connectivity index (χ2v) is 6.44. The first-order valence-corrected chi connectivity index (χ1v) is 8.10. The first-order valence-electron chi connectivity index (χ1n) is 8.10. The van der Waals surface area contributed by atoms with Crippen molar-refractivity contribution in [3.63, 3.8) is 0 Å². The topological polar surface area (TPSA) is 46.4 Å². The summed E-state index contributed by atoms with van der Waals surface area (Å²) in [5, 5.41) is 3.05. The minimum absolute atomic E-state index is 0.0826. The summed E-state index contributed by atoms with van der Waals surface area (Å²) in [7, 11) is 0. The van der Waals surface area contributed by atoms with Gasteiger partial charge in [-0.15, -0.1) is 0 Å². The van der Waals surface area contributed by atoms with Gasteiger partial charge in [0, 0.05) is 29.7 Å². The Bertz CT molecular complexity index is 912. The number of nitrogens with zero attached hydrogens (tertiary/aromatic N) is 2. The summed E-state index contributed by atoms with van der Waals surface area (Å²) in [6.45, 7) is 1.97. The molecule has 2 aromatic heterocycles. The Balaban J connectivity index is 1.40. The molecule has 0 bridgehead atoms. The lowest BCUT2D eigenvalue weighted by molar-refractivity contribution is 0.0909. The highest BCUT2D eigenvalue weighted by atomic mass is 19.1. The number of aromatic nitrogens is 2. The van der Waals surface area contributed by atoms with Crippen molar-refractivity contribution < 1.29 is 9.18 Å². The fourth-order valence-electron chi connectivity index (χ4n) is 3.29. The van der Waals surface area contributed by atoms with Crippen molar-refractivity contribution in [1.29, 1.82) is 0 Å². The minimum Gasteiger partial charge on any atom is -0.349 e. The molecule has 4 rings (SSSR count). The third-order valence-corrected chi connectivity index (χ3v) is 4.75. The van der Waals surface area contributed by atoms with Gasteiger partial charge in [-0.3, -0.25) is 4.79 Å². The molecule has 4 nitrogen and oxygen atoms in total. The van der Waals surface area contributed by atoms with Crippen molar-refractivity contribution in [3.05, 3.63) is 71.4 Å². The molecule has 0 spiro atoms. The zero-order valence-electron chi connectivity index (χ0n) is 13.4. The highest BCUT2D eigenvalue weighted by molar-refractivity contribution is 5.95. The van der Waals surface area contributed by atoms with Gasteiger partial charge in [-0.05, 0) is 55.5 Å². The van der Waals surface area contributed by atoms with Crippen molar-refractivity contribution in [2.75, 3.05) is 0 Å². The van der Waals surface area contributed by atoms with Gasteiger partial charge in [-0.2, -0.15) is 0 Å². The van der Waals surface area contributed by atoms with E-state index in [1.165, 1.54) is 6.07 Å². The highest BCUT2D eigenvalue weighted by Crippen LogP contribution is 2.37. The Morgan fingerprint density at radius 1 is 1.29 bits per heavy atom. The first-order chi connectivity index (χ1) is 11.6. The number of nitrogens with one attached hydrogen (secondary N) is 1. The molecule has 0 unspecified atom stereocenters. The van der Waals surface area contributed by atoms with E-state index in [2.05, 4.69) is 10.3 Å². The van der Waals surface area contributed by atoms with E-state index in [4.69, 9.17) is 0 Å². The van der Waals surface area contributed by atoms with Crippen LogP contribution in [0.2, 0.25) is 0 Å². The van der Waals surface area contributed by atoms with Crippen LogP contribution >= 0.6 is 0 Å². The summed E-state index contributed by atoms with van der Waals surface area (Å²) < 4.78 is 15.2. The largest absolute Gasteiger partial charge is 0.349 e. The highest BCUT2D eigenvalue weighted by Gasteiger charge is 2.31. The lowest BCUT2D eigenvalue weighted by Gasteiger charge is -2.36. The molecule has 1 aliphatic rings. The van der Waals surface area contributed by atoms with E-state index in [-0.39, 0.29) is 17.8 Å². The number of benzene rings is 1. The van der Waals surface area contributed by atoms with E-state index in [0.29, 0.717) is 11.5 Å². The summed E-state index contributed by atoms with van der Waals surface area (Å²) in [4.78, 5) is 16.7. The smallest absolute Gasteiger partial charge is 0.251 e. The molecule has 3 aromatic rings. The molecular weight excluding hydrogens is 305 g/mol. The predicted molar refractivity (Wildman–Crippen MR) is 89.6 cm³/mol. The van der Waals surface area contributed by atoms with Crippen LogP contribution in [0.15, 0.2) is 48.8 Å². The van der Waals surface area contributed by atoms with Gasteiger partial charge in [0.25, 0.3) is 5.91 Å². The minimum atomic E-state index is -0.205. The maximum absolute atomic E-state index is 13.3. The van der Waals surface area contributed by atoms with Crippen molar-refractivity contribution in [2.24, 2.45) is 0 Å². The van der Waals surface area contributed by atoms with Crippen molar-refractivity contribution in [3.8, 4) is 0 Å². The molecule has 0 aliphatic heterocycles. The molecule has 1 aliphatic carbocycles. The molecule has 1 fully saturated rings. The van der Waals surface area contributed by atoms with Crippen LogP contribution < -0.4 is 5.32 Å². The second kappa shape index (κ2) is 5.74. The standard InChI is InChI=1S/C19H18FN3O/c1-12-11-21-18-10-14(5-6-23(12)18)19(24)22-17-8-15(9-17)13-3-2-4-16(20)7-13/h2-7,10-11,15,17H,8-9H2,1H3,(H,22,24). The Morgan fingerprint density at radius 2 is 2.12 bits per heavy atom. The molecular formula is C19H18FN3O. The van der Waals surface area contributed by atoms with E-state index >= 15 is 0 Å². The quantitative estimate of drug-likeness (QED) is 0.802. The number of carbonyl (C=O) groups excluding carboxylic acids is 1. The fourth-order valence-corrected chi connectivity index (χ4v) is 3.29. The molecule has 2 heterocycles. The van der Waals surface area contributed by atoms with Gasteiger partial charge in [0.05, 0.1) is 0 Å². The number of imidazole rings is 1. The number of pyridine rings is 1. The van der Waals surface area contributed by atoms with Gasteiger partial charge in [0.15, 0.2) is 0 Å². The van der Waals surface area contributed by atoms with Crippen molar-refractivity contribution in [2.45, 2.75) is 31.7 Å². The van der Waals surface area contributed by atoms with Gasteiger partial charge in [0.2, 0.25) is 0 Å². The normalized spacial score (nSPS) is 19.9. The average molecular weight is 323 g/mol. The first kappa shape index (κ1) is 14.9. The number of amides is 1. The Morgan fingerprint density at radius 3 is 2.92 bits per heavy atom. The summed E-state index contributed by atoms with van der Waals surface area (Å²) in [5.41, 5.74) is 3.43. The molecule has 1 N–H and O–H groups in total. The van der Waals surface area contributed by atoms with Crippen LogP contribution in [0.1, 0.15) is 40.4 Å². The molecule has 5 heteroatoms. The summed E-state index contributed by atoms with van der Waals surface area (Å²) in [6, 6.07) is 10.5. The third-order valence-electron chi connectivity index (χ3n) is 4.75. The van der Waals surface area contributed by atoms with E-state index in [1.54, 1.807) is 30.5 Å². The van der Waals surface area contributed by atoms with Crippen LogP contribution in [0.25, 0.3) is 5.65 Å². The van der Waals surface area contributed by atoms with E-state index in [9.17, 15) is 9.18 Å². The zero-order valence-corrected chi connectivity index (χ0v) is 13.4. The van der Waals surface area contributed by atoms with Gasteiger partial charge in [-0.25, -0.2) is 9.37 Å². The number of rotatable bonds is 3. The number of aryl methyl sites for hydroxylation is 1. The number of carbonyl (C=O) groups is 1.